The van der Waals surface area contributed by atoms with Crippen molar-refractivity contribution in [2.45, 2.75) is 75.6 Å². The molecule has 4 rings (SSSR count). The van der Waals surface area contributed by atoms with E-state index in [1.54, 1.807) is 12.1 Å². The molecule has 3 heterocycles. The summed E-state index contributed by atoms with van der Waals surface area (Å²) in [5.74, 6) is 0.112. The standard InChI is InChI=1S/C21H27ClN2O4.CH2O2/c22-17-9-13(6-7-18(17)25)10-20(26)23-14-11-15-3-1-4-16(12-14)24(15)21(27)19-5-2-8-28-19;2-1-3/h6-7,9,14-16,19,25H,1-5,8,10-12H2,(H,23,26);1H,(H,2,3)/t14?,15-,16+,19?;. The first kappa shape index (κ1) is 23.3. The monoisotopic (exact) mass is 452 g/mol. The van der Waals surface area contributed by atoms with Gasteiger partial charge in [0.25, 0.3) is 12.4 Å². The molecule has 3 fully saturated rings. The van der Waals surface area contributed by atoms with E-state index in [2.05, 4.69) is 10.2 Å². The third-order valence-electron chi connectivity index (χ3n) is 6.18. The molecule has 2 bridgehead atoms. The van der Waals surface area contributed by atoms with Crippen LogP contribution in [-0.2, 0) is 25.5 Å². The van der Waals surface area contributed by atoms with Crippen molar-refractivity contribution in [3.63, 3.8) is 0 Å². The molecule has 3 saturated heterocycles. The van der Waals surface area contributed by atoms with Crippen molar-refractivity contribution in [1.82, 2.24) is 10.2 Å². The summed E-state index contributed by atoms with van der Waals surface area (Å²) >= 11 is 5.92. The van der Waals surface area contributed by atoms with Gasteiger partial charge in [-0.15, -0.1) is 0 Å². The van der Waals surface area contributed by atoms with Gasteiger partial charge < -0.3 is 25.2 Å². The lowest BCUT2D eigenvalue weighted by molar-refractivity contribution is -0.151. The number of piperidine rings is 2. The maximum atomic E-state index is 12.9. The summed E-state index contributed by atoms with van der Waals surface area (Å²) in [6, 6.07) is 5.30. The topological polar surface area (TPSA) is 116 Å². The van der Waals surface area contributed by atoms with Crippen LogP contribution in [0.1, 0.15) is 50.5 Å². The molecule has 1 aromatic carbocycles. The molecule has 3 aliphatic rings. The predicted molar refractivity (Wildman–Crippen MR) is 114 cm³/mol. The van der Waals surface area contributed by atoms with Crippen molar-refractivity contribution in [3.05, 3.63) is 28.8 Å². The maximum Gasteiger partial charge on any atom is 0.290 e. The molecule has 0 aliphatic carbocycles. The zero-order valence-corrected chi connectivity index (χ0v) is 18.1. The van der Waals surface area contributed by atoms with Crippen molar-refractivity contribution in [2.75, 3.05) is 6.61 Å². The minimum absolute atomic E-state index is 0.0157. The number of aromatic hydroxyl groups is 1. The van der Waals surface area contributed by atoms with Crippen molar-refractivity contribution in [2.24, 2.45) is 0 Å². The Morgan fingerprint density at radius 1 is 1.19 bits per heavy atom. The number of ether oxygens (including phenoxy) is 1. The van der Waals surface area contributed by atoms with E-state index in [0.29, 0.717) is 6.61 Å². The Morgan fingerprint density at radius 3 is 2.45 bits per heavy atom. The van der Waals surface area contributed by atoms with Gasteiger partial charge in [0.15, 0.2) is 0 Å². The van der Waals surface area contributed by atoms with Gasteiger partial charge in [0.2, 0.25) is 5.91 Å². The fraction of sp³-hybridized carbons (Fsp3) is 0.591. The second-order valence-corrected chi connectivity index (χ2v) is 8.70. The highest BCUT2D eigenvalue weighted by molar-refractivity contribution is 6.32. The Bertz CT molecular complexity index is 784. The number of carbonyl (C=O) groups excluding carboxylic acids is 2. The number of rotatable bonds is 4. The van der Waals surface area contributed by atoms with Gasteiger partial charge in [0.05, 0.1) is 11.4 Å². The summed E-state index contributed by atoms with van der Waals surface area (Å²) in [5.41, 5.74) is 0.770. The first-order chi connectivity index (χ1) is 14.9. The molecule has 4 atom stereocenters. The van der Waals surface area contributed by atoms with E-state index in [-0.39, 0.29) is 59.7 Å². The molecule has 0 saturated carbocycles. The van der Waals surface area contributed by atoms with Gasteiger partial charge >= 0.3 is 0 Å². The highest BCUT2D eigenvalue weighted by atomic mass is 35.5. The fourth-order valence-corrected chi connectivity index (χ4v) is 5.13. The summed E-state index contributed by atoms with van der Waals surface area (Å²) in [5, 5.41) is 19.8. The average molecular weight is 453 g/mol. The Hall–Kier alpha value is -2.32. The minimum atomic E-state index is -0.270. The third-order valence-corrected chi connectivity index (χ3v) is 6.48. The number of fused-ring (bicyclic) bond motifs is 2. The highest BCUT2D eigenvalue weighted by Crippen LogP contribution is 2.35. The molecular weight excluding hydrogens is 424 g/mol. The number of nitrogens with zero attached hydrogens (tertiary/aromatic N) is 1. The predicted octanol–water partition coefficient (Wildman–Crippen LogP) is 2.50. The minimum Gasteiger partial charge on any atom is -0.506 e. The quantitative estimate of drug-likeness (QED) is 0.604. The second-order valence-electron chi connectivity index (χ2n) is 8.29. The van der Waals surface area contributed by atoms with E-state index < -0.39 is 0 Å². The molecule has 0 spiro atoms. The smallest absolute Gasteiger partial charge is 0.290 e. The number of phenols is 1. The summed E-state index contributed by atoms with van der Waals surface area (Å²) in [4.78, 5) is 35.9. The molecule has 3 N–H and O–H groups in total. The van der Waals surface area contributed by atoms with Gasteiger partial charge in [0.1, 0.15) is 11.9 Å². The van der Waals surface area contributed by atoms with Gasteiger partial charge in [-0.05, 0) is 62.6 Å². The lowest BCUT2D eigenvalue weighted by atomic mass is 9.81. The number of phenolic OH excluding ortho intramolecular Hbond substituents is 1. The molecule has 31 heavy (non-hydrogen) atoms. The third kappa shape index (κ3) is 5.89. The molecule has 2 amide bonds. The van der Waals surface area contributed by atoms with Crippen LogP contribution in [0.25, 0.3) is 0 Å². The molecule has 9 heteroatoms. The van der Waals surface area contributed by atoms with Crippen LogP contribution in [0.2, 0.25) is 5.02 Å². The summed E-state index contributed by atoms with van der Waals surface area (Å²) in [7, 11) is 0. The van der Waals surface area contributed by atoms with Gasteiger partial charge in [-0.2, -0.15) is 0 Å². The first-order valence-electron chi connectivity index (χ1n) is 10.7. The van der Waals surface area contributed by atoms with Crippen LogP contribution in [0, 0.1) is 0 Å². The van der Waals surface area contributed by atoms with Gasteiger partial charge in [0, 0.05) is 24.7 Å². The highest BCUT2D eigenvalue weighted by Gasteiger charge is 2.43. The molecule has 0 aromatic heterocycles. The summed E-state index contributed by atoms with van der Waals surface area (Å²) in [6.45, 7) is 0.430. The number of amides is 2. The molecule has 1 aromatic rings. The number of carboxylic acid groups (broad SMARTS) is 1. The van der Waals surface area contributed by atoms with Crippen LogP contribution in [0.4, 0.5) is 0 Å². The number of nitrogens with one attached hydrogen (secondary N) is 1. The normalized spacial score (nSPS) is 27.1. The average Bonchev–Trinajstić information content (AvgIpc) is 3.25. The lowest BCUT2D eigenvalue weighted by Gasteiger charge is -2.49. The van der Waals surface area contributed by atoms with Crippen LogP contribution < -0.4 is 5.32 Å². The summed E-state index contributed by atoms with van der Waals surface area (Å²) in [6.07, 6.45) is 6.47. The Balaban J connectivity index is 0.000000858. The zero-order valence-electron chi connectivity index (χ0n) is 17.3. The van der Waals surface area contributed by atoms with Gasteiger partial charge in [-0.3, -0.25) is 14.4 Å². The van der Waals surface area contributed by atoms with E-state index in [1.807, 2.05) is 0 Å². The van der Waals surface area contributed by atoms with Crippen molar-refractivity contribution < 1.29 is 29.3 Å². The molecule has 170 valence electrons. The van der Waals surface area contributed by atoms with Crippen LogP contribution in [0.15, 0.2) is 18.2 Å². The van der Waals surface area contributed by atoms with Crippen molar-refractivity contribution in [3.8, 4) is 5.75 Å². The van der Waals surface area contributed by atoms with Crippen molar-refractivity contribution in [1.29, 1.82) is 0 Å². The van der Waals surface area contributed by atoms with Crippen LogP contribution >= 0.6 is 11.6 Å². The van der Waals surface area contributed by atoms with E-state index in [0.717, 1.165) is 50.5 Å². The van der Waals surface area contributed by atoms with Crippen molar-refractivity contribution >= 4 is 29.9 Å². The van der Waals surface area contributed by atoms with E-state index >= 15 is 0 Å². The van der Waals surface area contributed by atoms with E-state index in [1.165, 1.54) is 6.07 Å². The Kier molecular flexibility index (Phi) is 8.15. The van der Waals surface area contributed by atoms with Crippen LogP contribution in [-0.4, -0.2) is 64.2 Å². The largest absolute Gasteiger partial charge is 0.506 e. The second kappa shape index (κ2) is 10.8. The molecule has 3 aliphatic heterocycles. The SMILES string of the molecule is O=C(Cc1ccc(O)c(Cl)c1)NC1C[C@H]2CCC[C@@H](C1)N2C(=O)C1CCCO1.O=CO. The molecule has 0 radical (unpaired) electrons. The fourth-order valence-electron chi connectivity index (χ4n) is 4.92. The number of hydrogen-bond acceptors (Lipinski definition) is 5. The van der Waals surface area contributed by atoms with E-state index in [9.17, 15) is 14.7 Å². The maximum absolute atomic E-state index is 12.9. The van der Waals surface area contributed by atoms with Gasteiger partial charge in [-0.1, -0.05) is 17.7 Å². The van der Waals surface area contributed by atoms with Crippen LogP contribution in [0.5, 0.6) is 5.75 Å². The van der Waals surface area contributed by atoms with Gasteiger partial charge in [-0.25, -0.2) is 0 Å². The van der Waals surface area contributed by atoms with E-state index in [4.69, 9.17) is 26.2 Å². The Labute approximate surface area is 186 Å². The number of halogens is 1. The number of carbonyl (C=O) groups is 3. The first-order valence-corrected chi connectivity index (χ1v) is 11.1. The van der Waals surface area contributed by atoms with Crippen LogP contribution in [0.3, 0.4) is 0 Å². The molecule has 2 unspecified atom stereocenters. The summed E-state index contributed by atoms with van der Waals surface area (Å²) < 4.78 is 5.62. The molecule has 8 nitrogen and oxygen atoms in total. The number of benzene rings is 1. The Morgan fingerprint density at radius 2 is 1.87 bits per heavy atom. The number of hydrogen-bond donors (Lipinski definition) is 3. The zero-order chi connectivity index (χ0) is 22.4. The lowest BCUT2D eigenvalue weighted by Crippen LogP contribution is -2.60. The molecular formula is C22H29ClN2O6.